The number of hydrogen-bond donors (Lipinski definition) is 4. The zero-order chi connectivity index (χ0) is 36.1. The number of amides is 1. The van der Waals surface area contributed by atoms with Gasteiger partial charge in [0.2, 0.25) is 5.43 Å². The van der Waals surface area contributed by atoms with Gasteiger partial charge in [-0.3, -0.25) is 13.8 Å². The molecule has 3 aliphatic heterocycles. The largest absolute Gasteiger partial charge is 1.00 e. The molecule has 0 bridgehead atoms. The number of carbonyl (C=O) groups is 3. The van der Waals surface area contributed by atoms with E-state index in [1.165, 1.54) is 13.3 Å². The minimum absolute atomic E-state index is 0. The summed E-state index contributed by atoms with van der Waals surface area (Å²) in [5.74, 6) is -3.78. The minimum Gasteiger partial charge on any atom is -1.00 e. The first-order valence-corrected chi connectivity index (χ1v) is 17.9. The van der Waals surface area contributed by atoms with Crippen molar-refractivity contribution in [3.8, 4) is 0 Å². The highest BCUT2D eigenvalue weighted by Crippen LogP contribution is 2.35. The maximum atomic E-state index is 15.5. The van der Waals surface area contributed by atoms with Crippen LogP contribution in [0.1, 0.15) is 23.0 Å². The minimum atomic E-state index is -1.53. The number of nitrogens with one attached hydrogen (secondary N) is 1. The Morgan fingerprint density at radius 1 is 1.24 bits per heavy atom. The van der Waals surface area contributed by atoms with E-state index in [1.54, 1.807) is 27.8 Å². The lowest BCUT2D eigenvalue weighted by Crippen LogP contribution is -3.00. The standard InChI is InChI=1S/C31H35FN8O8S2.HI/c1-4-37-11-18(29(43)44)26(41)17-9-19(32)23(10-22(17)37)38-5-7-40(2,8-6-38)13-16-15-50(47)28-20(12-39(28)25(16)30(45)46)34-27(42)24(36-48-3)21-14-49-31(33)35-21;/h9-11,14,20,28H,4-8,12-13,15H2,1-3H3,(H4-,33,34,35,42,43,44,45,46);1H/b36-24-;/t20-,28-,50?;/m1./s1. The number of rotatable bonds is 10. The molecule has 0 aliphatic carbocycles. The molecular formula is C31H36FIN8O8S2. The number of carboxylic acids is 2. The number of nitrogens with two attached hydrogens (primary N) is 1. The maximum absolute atomic E-state index is 15.5. The third-order valence-electron chi connectivity index (χ3n) is 9.39. The van der Waals surface area contributed by atoms with Gasteiger partial charge in [-0.1, -0.05) is 5.16 Å². The Morgan fingerprint density at radius 2 is 1.94 bits per heavy atom. The number of benzene rings is 1. The zero-order valence-electron chi connectivity index (χ0n) is 27.8. The van der Waals surface area contributed by atoms with Crippen LogP contribution in [0.2, 0.25) is 0 Å². The Kier molecular flexibility index (Phi) is 11.1. The van der Waals surface area contributed by atoms with Crippen molar-refractivity contribution in [2.75, 3.05) is 69.8 Å². The summed E-state index contributed by atoms with van der Waals surface area (Å²) < 4.78 is 31.0. The second kappa shape index (κ2) is 14.8. The number of anilines is 2. The number of nitrogens with zero attached hydrogens (tertiary/aromatic N) is 6. The van der Waals surface area contributed by atoms with Crippen molar-refractivity contribution in [1.29, 1.82) is 0 Å². The Hall–Kier alpha value is -4.15. The van der Waals surface area contributed by atoms with Gasteiger partial charge in [-0.05, 0) is 19.1 Å². The van der Waals surface area contributed by atoms with E-state index in [-0.39, 0.29) is 69.6 Å². The molecule has 1 aromatic carbocycles. The van der Waals surface area contributed by atoms with Crippen molar-refractivity contribution < 1.29 is 66.5 Å². The summed E-state index contributed by atoms with van der Waals surface area (Å²) in [5, 5.41) is 27.3. The SMILES string of the molecule is CCn1cc(C(=O)O)c(=O)c2cc(F)c(N3CC[N+](C)(CC4=C(C(=O)O)N5C[C@@H](NC(=O)/C(=N\OC)c6csc(N)n6)[C@H]5S(=O)C4)CC3)cc21.[I-]. The van der Waals surface area contributed by atoms with E-state index in [2.05, 4.69) is 15.5 Å². The molecule has 3 aromatic rings. The number of oxime groups is 1. The van der Waals surface area contributed by atoms with Crippen LogP contribution in [0.4, 0.5) is 15.2 Å². The number of quaternary nitrogens is 1. The Labute approximate surface area is 314 Å². The van der Waals surface area contributed by atoms with E-state index in [0.29, 0.717) is 54.8 Å². The molecular weight excluding hydrogens is 822 g/mol. The van der Waals surface area contributed by atoms with Crippen LogP contribution in [-0.4, -0.2) is 128 Å². The van der Waals surface area contributed by atoms with Crippen molar-refractivity contribution in [1.82, 2.24) is 19.8 Å². The molecule has 0 spiro atoms. The molecule has 1 unspecified atom stereocenters. The van der Waals surface area contributed by atoms with Gasteiger partial charge in [0.05, 0.1) is 67.0 Å². The van der Waals surface area contributed by atoms with Gasteiger partial charge >= 0.3 is 11.9 Å². The van der Waals surface area contributed by atoms with Crippen LogP contribution >= 0.6 is 11.3 Å². The van der Waals surface area contributed by atoms with E-state index < -0.39 is 56.9 Å². The summed E-state index contributed by atoms with van der Waals surface area (Å²) in [6.07, 6.45) is 1.27. The van der Waals surface area contributed by atoms with Crippen molar-refractivity contribution in [3.05, 3.63) is 62.3 Å². The highest BCUT2D eigenvalue weighted by Gasteiger charge is 2.51. The number of likely N-dealkylation sites (N-methyl/N-ethyl adjacent to an activating group) is 1. The average Bonchev–Trinajstić information content (AvgIpc) is 3.48. The Morgan fingerprint density at radius 3 is 2.53 bits per heavy atom. The lowest BCUT2D eigenvalue weighted by atomic mass is 10.0. The van der Waals surface area contributed by atoms with Crippen LogP contribution in [0.25, 0.3) is 10.9 Å². The molecule has 0 radical (unpaired) electrons. The molecule has 5 N–H and O–H groups in total. The topological polar surface area (TPSA) is 210 Å². The molecule has 3 aliphatic rings. The summed E-state index contributed by atoms with van der Waals surface area (Å²) in [6.45, 7) is 4.47. The Bertz CT molecular complexity index is 2060. The molecule has 2 fully saturated rings. The molecule has 3 atom stereocenters. The summed E-state index contributed by atoms with van der Waals surface area (Å²) in [5.41, 5.74) is 5.95. The van der Waals surface area contributed by atoms with E-state index in [4.69, 9.17) is 10.6 Å². The van der Waals surface area contributed by atoms with Crippen molar-refractivity contribution in [2.45, 2.75) is 24.9 Å². The van der Waals surface area contributed by atoms with Gasteiger partial charge in [0.15, 0.2) is 10.8 Å². The molecule has 6 rings (SSSR count). The van der Waals surface area contributed by atoms with Crippen molar-refractivity contribution in [3.63, 3.8) is 0 Å². The highest BCUT2D eigenvalue weighted by molar-refractivity contribution is 7.86. The van der Waals surface area contributed by atoms with Crippen LogP contribution in [0.5, 0.6) is 0 Å². The predicted octanol–water partition coefficient (Wildman–Crippen LogP) is -2.55. The molecule has 20 heteroatoms. The number of thiazole rings is 1. The summed E-state index contributed by atoms with van der Waals surface area (Å²) in [7, 11) is 1.72. The number of aromatic nitrogens is 2. The molecule has 2 aromatic heterocycles. The number of halogens is 2. The first-order chi connectivity index (χ1) is 23.7. The fourth-order valence-electron chi connectivity index (χ4n) is 6.86. The number of aryl methyl sites for hydroxylation is 1. The number of aromatic carboxylic acids is 1. The second-order valence-electron chi connectivity index (χ2n) is 12.6. The van der Waals surface area contributed by atoms with Gasteiger partial charge in [0.25, 0.3) is 5.91 Å². The fraction of sp³-hybridized carbons (Fsp3) is 0.419. The summed E-state index contributed by atoms with van der Waals surface area (Å²) >= 11 is 1.13. The number of pyridine rings is 1. The fourth-order valence-corrected chi connectivity index (χ4v) is 9.15. The number of fused-ring (bicyclic) bond motifs is 2. The lowest BCUT2D eigenvalue weighted by Gasteiger charge is -2.52. The number of nitrogen functional groups attached to an aromatic ring is 1. The van der Waals surface area contributed by atoms with Gasteiger partial charge in [-0.15, -0.1) is 11.3 Å². The van der Waals surface area contributed by atoms with Crippen LogP contribution in [0.15, 0.2) is 44.9 Å². The zero-order valence-corrected chi connectivity index (χ0v) is 31.6. The number of carboxylic acid groups (broad SMARTS) is 2. The molecule has 16 nitrogen and oxygen atoms in total. The van der Waals surface area contributed by atoms with Crippen LogP contribution < -0.4 is 45.4 Å². The third kappa shape index (κ3) is 7.17. The molecule has 51 heavy (non-hydrogen) atoms. The average molecular weight is 859 g/mol. The monoisotopic (exact) mass is 858 g/mol. The van der Waals surface area contributed by atoms with Gasteiger partial charge in [-0.25, -0.2) is 19.0 Å². The first-order valence-electron chi connectivity index (χ1n) is 15.7. The van der Waals surface area contributed by atoms with E-state index in [0.717, 1.165) is 17.4 Å². The third-order valence-corrected chi connectivity index (χ3v) is 11.8. The van der Waals surface area contributed by atoms with Gasteiger partial charge < -0.3 is 68.9 Å². The number of hydrogen-bond acceptors (Lipinski definition) is 12. The van der Waals surface area contributed by atoms with Crippen LogP contribution in [0.3, 0.4) is 0 Å². The predicted molar refractivity (Wildman–Crippen MR) is 184 cm³/mol. The highest BCUT2D eigenvalue weighted by atomic mass is 127. The first kappa shape index (κ1) is 38.1. The Balaban J connectivity index is 0.00000504. The van der Waals surface area contributed by atoms with Gasteiger partial charge in [0.1, 0.15) is 41.8 Å². The van der Waals surface area contributed by atoms with Crippen LogP contribution in [-0.2, 0) is 31.8 Å². The number of carbonyl (C=O) groups excluding carboxylic acids is 1. The maximum Gasteiger partial charge on any atom is 0.352 e. The number of piperazine rings is 1. The van der Waals surface area contributed by atoms with E-state index >= 15 is 4.39 Å². The molecule has 274 valence electrons. The lowest BCUT2D eigenvalue weighted by molar-refractivity contribution is -0.905. The smallest absolute Gasteiger partial charge is 0.352 e. The van der Waals surface area contributed by atoms with Gasteiger partial charge in [0, 0.05) is 35.6 Å². The summed E-state index contributed by atoms with van der Waals surface area (Å²) in [4.78, 5) is 62.4. The normalized spacial score (nSPS) is 21.4. The van der Waals surface area contributed by atoms with E-state index in [1.807, 2.05) is 11.9 Å². The number of aliphatic carboxylic acids is 1. The quantitative estimate of drug-likeness (QED) is 0.0720. The van der Waals surface area contributed by atoms with Gasteiger partial charge in [-0.2, -0.15) is 0 Å². The second-order valence-corrected chi connectivity index (χ2v) is 15.0. The van der Waals surface area contributed by atoms with E-state index in [9.17, 15) is 33.6 Å². The van der Waals surface area contributed by atoms with Crippen molar-refractivity contribution in [2.24, 2.45) is 5.16 Å². The molecule has 0 saturated carbocycles. The molecule has 1 amide bonds. The van der Waals surface area contributed by atoms with Crippen molar-refractivity contribution >= 4 is 67.4 Å². The molecule has 2 saturated heterocycles. The summed E-state index contributed by atoms with van der Waals surface area (Å²) in [6, 6.07) is 2.05. The van der Waals surface area contributed by atoms with Crippen LogP contribution in [0, 0.1) is 5.82 Å². The molecule has 5 heterocycles.